The maximum Gasteiger partial charge on any atom is 0.426 e. The monoisotopic (exact) mass is 620 g/mol. The minimum Gasteiger partial charge on any atom is -0.457 e. The van der Waals surface area contributed by atoms with Crippen molar-refractivity contribution in [3.05, 3.63) is 131 Å². The molecule has 0 heterocycles. The number of carbonyl (C=O) groups is 2. The summed E-state index contributed by atoms with van der Waals surface area (Å²) in [5.41, 5.74) is -0.333. The predicted octanol–water partition coefficient (Wildman–Crippen LogP) is 9.70. The van der Waals surface area contributed by atoms with Gasteiger partial charge in [-0.2, -0.15) is 13.2 Å². The lowest BCUT2D eigenvalue weighted by atomic mass is 9.99. The molecule has 1 saturated carbocycles. The molecule has 4 aromatic carbocycles. The standard InChI is InChI=1S/C35H28ClF3O5/c1-34(2)28(21-29(36)35(37,38)39)30(34)33(41)44-32(23-12-10-18-27(20-23)43-25-15-7-4-8-16-25)31(40)22-11-9-17-26(19-22)42-24-13-5-3-6-14-24/h3-21,28,30,32H,1-2H3/b29-21-/t28?,30-,32?/m0/s1. The van der Waals surface area contributed by atoms with Gasteiger partial charge in [0.25, 0.3) is 0 Å². The molecule has 226 valence electrons. The molecular formula is C35H28ClF3O5. The summed E-state index contributed by atoms with van der Waals surface area (Å²) in [5.74, 6) is -1.21. The number of benzene rings is 4. The first-order valence-corrected chi connectivity index (χ1v) is 14.2. The third-order valence-electron chi connectivity index (χ3n) is 7.47. The molecule has 0 saturated heterocycles. The molecule has 1 aliphatic rings. The van der Waals surface area contributed by atoms with Crippen LogP contribution in [0, 0.1) is 17.3 Å². The number of ether oxygens (including phenoxy) is 3. The van der Waals surface area contributed by atoms with Crippen molar-refractivity contribution >= 4 is 23.4 Å². The third-order valence-corrected chi connectivity index (χ3v) is 7.81. The number of alkyl halides is 3. The number of halogens is 4. The highest BCUT2D eigenvalue weighted by molar-refractivity contribution is 6.30. The summed E-state index contributed by atoms with van der Waals surface area (Å²) in [7, 11) is 0. The molecule has 0 aromatic heterocycles. The molecule has 3 atom stereocenters. The Bertz CT molecular complexity index is 1670. The molecule has 5 nitrogen and oxygen atoms in total. The lowest BCUT2D eigenvalue weighted by molar-refractivity contribution is -0.150. The Labute approximate surface area is 257 Å². The van der Waals surface area contributed by atoms with E-state index in [2.05, 4.69) is 0 Å². The molecule has 5 rings (SSSR count). The maximum absolute atomic E-state index is 14.0. The van der Waals surface area contributed by atoms with Crippen LogP contribution in [-0.2, 0) is 9.53 Å². The molecule has 0 spiro atoms. The van der Waals surface area contributed by atoms with Gasteiger partial charge in [0, 0.05) is 11.1 Å². The van der Waals surface area contributed by atoms with Gasteiger partial charge in [-0.1, -0.05) is 92.2 Å². The summed E-state index contributed by atoms with van der Waals surface area (Å²) < 4.78 is 57.0. The van der Waals surface area contributed by atoms with Gasteiger partial charge in [-0.05, 0) is 59.9 Å². The number of carbonyl (C=O) groups excluding carboxylic acids is 2. The van der Waals surface area contributed by atoms with Crippen LogP contribution in [0.25, 0.3) is 0 Å². The Morgan fingerprint density at radius 1 is 0.773 bits per heavy atom. The summed E-state index contributed by atoms with van der Waals surface area (Å²) in [5, 5.41) is -1.31. The minimum absolute atomic E-state index is 0.206. The van der Waals surface area contributed by atoms with E-state index in [4.69, 9.17) is 25.8 Å². The number of ketones is 1. The number of rotatable bonds is 10. The van der Waals surface area contributed by atoms with Gasteiger partial charge in [0.2, 0.25) is 5.78 Å². The summed E-state index contributed by atoms with van der Waals surface area (Å²) in [6, 6.07) is 31.0. The second kappa shape index (κ2) is 12.6. The van der Waals surface area contributed by atoms with Crippen molar-refractivity contribution in [1.82, 2.24) is 0 Å². The second-order valence-electron chi connectivity index (χ2n) is 10.9. The number of hydrogen-bond acceptors (Lipinski definition) is 5. The first-order valence-electron chi connectivity index (χ1n) is 13.8. The van der Waals surface area contributed by atoms with E-state index in [1.165, 1.54) is 6.07 Å². The molecule has 0 aliphatic heterocycles. The van der Waals surface area contributed by atoms with Gasteiger partial charge < -0.3 is 14.2 Å². The molecular weight excluding hydrogens is 593 g/mol. The van der Waals surface area contributed by atoms with Crippen molar-refractivity contribution in [1.29, 1.82) is 0 Å². The Morgan fingerprint density at radius 3 is 1.86 bits per heavy atom. The second-order valence-corrected chi connectivity index (χ2v) is 11.4. The van der Waals surface area contributed by atoms with Crippen molar-refractivity contribution < 1.29 is 37.0 Å². The highest BCUT2D eigenvalue weighted by Crippen LogP contribution is 2.61. The Hall–Kier alpha value is -4.56. The van der Waals surface area contributed by atoms with Crippen molar-refractivity contribution in [2.45, 2.75) is 26.1 Å². The van der Waals surface area contributed by atoms with E-state index in [0.29, 0.717) is 28.6 Å². The quantitative estimate of drug-likeness (QED) is 0.130. The van der Waals surface area contributed by atoms with Gasteiger partial charge in [0.1, 0.15) is 28.0 Å². The summed E-state index contributed by atoms with van der Waals surface area (Å²) in [6.45, 7) is 3.30. The van der Waals surface area contributed by atoms with E-state index in [1.807, 2.05) is 36.4 Å². The third kappa shape index (κ3) is 7.14. The number of esters is 1. The van der Waals surface area contributed by atoms with Crippen molar-refractivity contribution in [2.24, 2.45) is 17.3 Å². The van der Waals surface area contributed by atoms with E-state index in [9.17, 15) is 22.8 Å². The van der Waals surface area contributed by atoms with E-state index in [1.54, 1.807) is 80.6 Å². The zero-order valence-corrected chi connectivity index (χ0v) is 24.5. The SMILES string of the molecule is CC1(C)C(/C=C(\Cl)C(F)(F)F)[C@H]1C(=O)OC(C(=O)c1cccc(Oc2ccccc2)c1)c1cccc(Oc2ccccc2)c1. The zero-order valence-electron chi connectivity index (χ0n) is 23.8. The van der Waals surface area contributed by atoms with Crippen LogP contribution in [0.3, 0.4) is 0 Å². The highest BCUT2D eigenvalue weighted by atomic mass is 35.5. The Balaban J connectivity index is 1.45. The van der Waals surface area contributed by atoms with Crippen LogP contribution in [-0.4, -0.2) is 17.9 Å². The number of hydrogen-bond donors (Lipinski definition) is 0. The lowest BCUT2D eigenvalue weighted by Gasteiger charge is -2.19. The van der Waals surface area contributed by atoms with Crippen molar-refractivity contribution in [3.8, 4) is 23.0 Å². The minimum atomic E-state index is -4.74. The molecule has 0 N–H and O–H groups in total. The molecule has 1 aliphatic carbocycles. The predicted molar refractivity (Wildman–Crippen MR) is 160 cm³/mol. The molecule has 2 unspecified atom stereocenters. The van der Waals surface area contributed by atoms with Gasteiger partial charge in [0.05, 0.1) is 5.92 Å². The number of allylic oxidation sites excluding steroid dienone is 2. The van der Waals surface area contributed by atoms with Crippen LogP contribution in [0.2, 0.25) is 0 Å². The van der Waals surface area contributed by atoms with Crippen LogP contribution < -0.4 is 9.47 Å². The lowest BCUT2D eigenvalue weighted by Crippen LogP contribution is -2.22. The van der Waals surface area contributed by atoms with Crippen LogP contribution in [0.1, 0.15) is 35.9 Å². The van der Waals surface area contributed by atoms with E-state index in [-0.39, 0.29) is 5.56 Å². The molecule has 4 aromatic rings. The first kappa shape index (κ1) is 30.9. The molecule has 1 fully saturated rings. The fourth-order valence-corrected chi connectivity index (χ4v) is 5.14. The average Bonchev–Trinajstić information content (AvgIpc) is 3.55. The van der Waals surface area contributed by atoms with Gasteiger partial charge >= 0.3 is 12.1 Å². The largest absolute Gasteiger partial charge is 0.457 e. The average molecular weight is 621 g/mol. The highest BCUT2D eigenvalue weighted by Gasteiger charge is 2.62. The van der Waals surface area contributed by atoms with Crippen molar-refractivity contribution in [3.63, 3.8) is 0 Å². The van der Waals surface area contributed by atoms with E-state index in [0.717, 1.165) is 6.08 Å². The summed E-state index contributed by atoms with van der Waals surface area (Å²) in [4.78, 5) is 27.5. The molecule has 0 bridgehead atoms. The van der Waals surface area contributed by atoms with Crippen LogP contribution in [0.5, 0.6) is 23.0 Å². The normalized spacial score (nSPS) is 18.2. The maximum atomic E-state index is 14.0. The Kier molecular flexibility index (Phi) is 8.83. The fourth-order valence-electron chi connectivity index (χ4n) is 5.01. The number of para-hydroxylation sites is 2. The first-order chi connectivity index (χ1) is 20.9. The summed E-state index contributed by atoms with van der Waals surface area (Å²) in [6.07, 6.45) is -5.32. The zero-order chi connectivity index (χ0) is 31.5. The van der Waals surface area contributed by atoms with Crippen molar-refractivity contribution in [2.75, 3.05) is 0 Å². The van der Waals surface area contributed by atoms with Gasteiger partial charge in [-0.15, -0.1) is 0 Å². The molecule has 0 amide bonds. The fraction of sp³-hybridized carbons (Fsp3) is 0.200. The van der Waals surface area contributed by atoms with E-state index < -0.39 is 46.3 Å². The van der Waals surface area contributed by atoms with Gasteiger partial charge in [0.15, 0.2) is 6.10 Å². The van der Waals surface area contributed by atoms with E-state index >= 15 is 0 Å². The number of Topliss-reactive ketones (excluding diaryl/α,β-unsaturated/α-hetero) is 1. The van der Waals surface area contributed by atoms with Crippen LogP contribution >= 0.6 is 11.6 Å². The Morgan fingerprint density at radius 2 is 1.30 bits per heavy atom. The van der Waals surface area contributed by atoms with Gasteiger partial charge in [-0.25, -0.2) is 0 Å². The van der Waals surface area contributed by atoms with Gasteiger partial charge in [-0.3, -0.25) is 9.59 Å². The molecule has 0 radical (unpaired) electrons. The van der Waals surface area contributed by atoms with Crippen LogP contribution in [0.4, 0.5) is 13.2 Å². The van der Waals surface area contributed by atoms with Crippen LogP contribution in [0.15, 0.2) is 120 Å². The summed E-state index contributed by atoms with van der Waals surface area (Å²) >= 11 is 5.48. The topological polar surface area (TPSA) is 61.8 Å². The smallest absolute Gasteiger partial charge is 0.426 e. The molecule has 9 heteroatoms. The molecule has 44 heavy (non-hydrogen) atoms.